The number of nitrogens with zero attached hydrogens (tertiary/aromatic N) is 3. The number of ketones is 1. The molecule has 0 amide bonds. The normalized spacial score (nSPS) is 21.1. The van der Waals surface area contributed by atoms with Crippen molar-refractivity contribution in [3.05, 3.63) is 12.7 Å². The molecule has 1 aliphatic carbocycles. The third kappa shape index (κ3) is 2.14. The van der Waals surface area contributed by atoms with Gasteiger partial charge in [0.2, 0.25) is 0 Å². The Labute approximate surface area is 78.0 Å². The maximum atomic E-state index is 11.2. The van der Waals surface area contributed by atoms with Crippen LogP contribution in [0.5, 0.6) is 0 Å². The Hall–Kier alpha value is -1.19. The number of carbonyl (C=O) groups excluding carboxylic acids is 1. The van der Waals surface area contributed by atoms with E-state index in [0.717, 1.165) is 12.8 Å². The van der Waals surface area contributed by atoms with E-state index < -0.39 is 0 Å². The van der Waals surface area contributed by atoms with Crippen molar-refractivity contribution in [3.63, 3.8) is 0 Å². The molecule has 0 spiro atoms. The van der Waals surface area contributed by atoms with Gasteiger partial charge in [0.15, 0.2) is 5.78 Å². The predicted molar refractivity (Wildman–Crippen MR) is 49.3 cm³/mol. The molecule has 1 heterocycles. The van der Waals surface area contributed by atoms with Crippen LogP contribution in [-0.4, -0.2) is 20.5 Å². The minimum atomic E-state index is -0.0301. The van der Waals surface area contributed by atoms with Crippen molar-refractivity contribution in [2.45, 2.75) is 39.2 Å². The Morgan fingerprint density at radius 3 is 2.77 bits per heavy atom. The van der Waals surface area contributed by atoms with Gasteiger partial charge in [0.25, 0.3) is 0 Å². The van der Waals surface area contributed by atoms with E-state index >= 15 is 0 Å². The summed E-state index contributed by atoms with van der Waals surface area (Å²) < 4.78 is 1.65. The van der Waals surface area contributed by atoms with E-state index in [-0.39, 0.29) is 11.8 Å². The lowest BCUT2D eigenvalue weighted by Gasteiger charge is -2.05. The van der Waals surface area contributed by atoms with Crippen molar-refractivity contribution >= 4 is 5.78 Å². The van der Waals surface area contributed by atoms with Gasteiger partial charge in [0.1, 0.15) is 18.7 Å². The topological polar surface area (TPSA) is 47.8 Å². The van der Waals surface area contributed by atoms with Gasteiger partial charge in [0, 0.05) is 6.42 Å². The molecule has 72 valence electrons. The summed E-state index contributed by atoms with van der Waals surface area (Å²) in [5.41, 5.74) is 0. The lowest BCUT2D eigenvalue weighted by molar-refractivity contribution is -0.120. The van der Waals surface area contributed by atoms with Gasteiger partial charge in [-0.25, -0.2) is 9.67 Å². The molecule has 0 saturated heterocycles. The molecule has 4 nitrogen and oxygen atoms in total. The van der Waals surface area contributed by atoms with Crippen LogP contribution in [0, 0.1) is 0 Å². The maximum absolute atomic E-state index is 11.2. The van der Waals surface area contributed by atoms with E-state index in [4.69, 9.17) is 0 Å². The molecule has 1 aliphatic rings. The number of Topliss-reactive ketones (excluding diaryl/α,β-unsaturated/α-hetero) is 1. The molecule has 1 unspecified atom stereocenters. The highest BCUT2D eigenvalue weighted by Gasteiger charge is 2.26. The minimum Gasteiger partial charge on any atom is -0.297 e. The molecule has 4 heteroatoms. The zero-order valence-electron chi connectivity index (χ0n) is 8.10. The number of carbonyl (C=O) groups is 1. The molecule has 1 aromatic heterocycles. The molecule has 0 N–H and O–H groups in total. The van der Waals surface area contributed by atoms with Crippen LogP contribution in [0.4, 0.5) is 0 Å². The molecule has 0 aromatic carbocycles. The van der Waals surface area contributed by atoms with E-state index in [2.05, 4.69) is 10.1 Å². The molecule has 13 heavy (non-hydrogen) atoms. The first-order valence-electron chi connectivity index (χ1n) is 4.75. The lowest BCUT2D eigenvalue weighted by Crippen LogP contribution is -2.13. The summed E-state index contributed by atoms with van der Waals surface area (Å²) in [7, 11) is 0. The van der Waals surface area contributed by atoms with Crippen LogP contribution < -0.4 is 0 Å². The average molecular weight is 181 g/mol. The third-order valence-corrected chi connectivity index (χ3v) is 2.03. The van der Waals surface area contributed by atoms with Crippen LogP contribution in [0.2, 0.25) is 0 Å². The van der Waals surface area contributed by atoms with Crippen LogP contribution >= 0.6 is 0 Å². The molecule has 1 saturated carbocycles. The Morgan fingerprint density at radius 1 is 1.54 bits per heavy atom. The number of rotatable bonds is 1. The SMILES string of the molecule is CC.O=C1CCCC1n1cncn1. The summed E-state index contributed by atoms with van der Waals surface area (Å²) in [6.45, 7) is 4.00. The quantitative estimate of drug-likeness (QED) is 0.661. The van der Waals surface area contributed by atoms with E-state index in [9.17, 15) is 4.79 Å². The van der Waals surface area contributed by atoms with Gasteiger partial charge < -0.3 is 0 Å². The summed E-state index contributed by atoms with van der Waals surface area (Å²) in [5.74, 6) is 0.288. The molecular formula is C9H15N3O. The zero-order chi connectivity index (χ0) is 9.68. The molecule has 1 fully saturated rings. The Kier molecular flexibility index (Phi) is 3.61. The highest BCUT2D eigenvalue weighted by atomic mass is 16.1. The first-order chi connectivity index (χ1) is 6.38. The fourth-order valence-corrected chi connectivity index (χ4v) is 1.46. The lowest BCUT2D eigenvalue weighted by atomic mass is 10.2. The van der Waals surface area contributed by atoms with Gasteiger partial charge in [-0.2, -0.15) is 5.10 Å². The summed E-state index contributed by atoms with van der Waals surface area (Å²) in [6, 6.07) is -0.0301. The summed E-state index contributed by atoms with van der Waals surface area (Å²) in [5, 5.41) is 3.93. The van der Waals surface area contributed by atoms with Crippen molar-refractivity contribution in [2.24, 2.45) is 0 Å². The highest BCUT2D eigenvalue weighted by Crippen LogP contribution is 2.24. The average Bonchev–Trinajstić information content (AvgIpc) is 2.77. The fourth-order valence-electron chi connectivity index (χ4n) is 1.46. The van der Waals surface area contributed by atoms with Gasteiger partial charge >= 0.3 is 0 Å². The largest absolute Gasteiger partial charge is 0.297 e. The molecule has 1 atom stereocenters. The van der Waals surface area contributed by atoms with Crippen LogP contribution in [-0.2, 0) is 4.79 Å². The fraction of sp³-hybridized carbons (Fsp3) is 0.667. The van der Waals surface area contributed by atoms with Crippen molar-refractivity contribution in [1.29, 1.82) is 0 Å². The van der Waals surface area contributed by atoms with Gasteiger partial charge in [-0.05, 0) is 12.8 Å². The summed E-state index contributed by atoms with van der Waals surface area (Å²) in [4.78, 5) is 15.0. The van der Waals surface area contributed by atoms with Crippen LogP contribution in [0.1, 0.15) is 39.2 Å². The summed E-state index contributed by atoms with van der Waals surface area (Å²) in [6.07, 6.45) is 5.68. The molecule has 0 aliphatic heterocycles. The van der Waals surface area contributed by atoms with Gasteiger partial charge in [0.05, 0.1) is 0 Å². The second-order valence-corrected chi connectivity index (χ2v) is 2.75. The van der Waals surface area contributed by atoms with Crippen LogP contribution in [0.25, 0.3) is 0 Å². The number of hydrogen-bond donors (Lipinski definition) is 0. The van der Waals surface area contributed by atoms with Crippen molar-refractivity contribution < 1.29 is 4.79 Å². The monoisotopic (exact) mass is 181 g/mol. The molecule has 2 rings (SSSR count). The Bertz CT molecular complexity index is 256. The van der Waals surface area contributed by atoms with E-state index in [1.807, 2.05) is 13.8 Å². The van der Waals surface area contributed by atoms with Crippen molar-refractivity contribution in [3.8, 4) is 0 Å². The first kappa shape index (κ1) is 9.89. The third-order valence-electron chi connectivity index (χ3n) is 2.03. The predicted octanol–water partition coefficient (Wildman–Crippen LogP) is 1.60. The molecule has 0 radical (unpaired) electrons. The van der Waals surface area contributed by atoms with E-state index in [1.165, 1.54) is 6.33 Å². The number of hydrogen-bond acceptors (Lipinski definition) is 3. The maximum Gasteiger partial charge on any atom is 0.157 e. The minimum absolute atomic E-state index is 0.0301. The smallest absolute Gasteiger partial charge is 0.157 e. The zero-order valence-corrected chi connectivity index (χ0v) is 8.10. The van der Waals surface area contributed by atoms with Crippen molar-refractivity contribution in [2.75, 3.05) is 0 Å². The molecule has 1 aromatic rings. The number of aromatic nitrogens is 3. The van der Waals surface area contributed by atoms with E-state index in [1.54, 1.807) is 11.0 Å². The van der Waals surface area contributed by atoms with Crippen LogP contribution in [0.15, 0.2) is 12.7 Å². The highest BCUT2D eigenvalue weighted by molar-refractivity contribution is 5.84. The van der Waals surface area contributed by atoms with E-state index in [0.29, 0.717) is 6.42 Å². The van der Waals surface area contributed by atoms with Crippen molar-refractivity contribution in [1.82, 2.24) is 14.8 Å². The first-order valence-corrected chi connectivity index (χ1v) is 4.75. The molecular weight excluding hydrogens is 166 g/mol. The van der Waals surface area contributed by atoms with Gasteiger partial charge in [-0.15, -0.1) is 0 Å². The molecule has 0 bridgehead atoms. The second kappa shape index (κ2) is 4.74. The summed E-state index contributed by atoms with van der Waals surface area (Å²) >= 11 is 0. The second-order valence-electron chi connectivity index (χ2n) is 2.75. The van der Waals surface area contributed by atoms with Crippen LogP contribution in [0.3, 0.4) is 0 Å². The van der Waals surface area contributed by atoms with Gasteiger partial charge in [-0.3, -0.25) is 4.79 Å². The Morgan fingerprint density at radius 2 is 2.31 bits per heavy atom. The Balaban J connectivity index is 0.000000396. The van der Waals surface area contributed by atoms with Gasteiger partial charge in [-0.1, -0.05) is 13.8 Å². The standard InChI is InChI=1S/C7H9N3O.C2H6/c11-7-3-1-2-6(7)10-5-8-4-9-10;1-2/h4-6H,1-3H2;1-2H3.